The Labute approximate surface area is 175 Å². The van der Waals surface area contributed by atoms with E-state index in [0.29, 0.717) is 41.8 Å². The first-order valence-electron chi connectivity index (χ1n) is 9.70. The lowest BCUT2D eigenvalue weighted by Gasteiger charge is -2.18. The van der Waals surface area contributed by atoms with Gasteiger partial charge in [0.15, 0.2) is 0 Å². The predicted octanol–water partition coefficient (Wildman–Crippen LogP) is 4.19. The van der Waals surface area contributed by atoms with Crippen LogP contribution in [-0.2, 0) is 13.1 Å². The second-order valence-corrected chi connectivity index (χ2v) is 7.93. The molecule has 0 unspecified atom stereocenters. The Morgan fingerprint density at radius 3 is 2.83 bits per heavy atom. The summed E-state index contributed by atoms with van der Waals surface area (Å²) in [5, 5.41) is 11.1. The summed E-state index contributed by atoms with van der Waals surface area (Å²) in [7, 11) is 0. The average molecular weight is 421 g/mol. The number of hydrogen-bond acceptors (Lipinski definition) is 8. The molecule has 1 aromatic carbocycles. The highest BCUT2D eigenvalue weighted by Gasteiger charge is 2.17. The zero-order valence-corrected chi connectivity index (χ0v) is 17.1. The molecule has 0 saturated heterocycles. The van der Waals surface area contributed by atoms with Crippen molar-refractivity contribution in [2.24, 2.45) is 0 Å². The van der Waals surface area contributed by atoms with E-state index in [1.165, 1.54) is 0 Å². The summed E-state index contributed by atoms with van der Waals surface area (Å²) >= 11 is 1.56. The molecule has 0 radical (unpaired) electrons. The number of H-pyrrole nitrogens is 1. The van der Waals surface area contributed by atoms with E-state index < -0.39 is 0 Å². The number of para-hydroxylation sites is 1. The van der Waals surface area contributed by atoms with E-state index in [-0.39, 0.29) is 11.1 Å². The van der Waals surface area contributed by atoms with Crippen LogP contribution in [0, 0.1) is 0 Å². The van der Waals surface area contributed by atoms with Gasteiger partial charge >= 0.3 is 0 Å². The molecule has 5 rings (SSSR count). The molecule has 9 heteroatoms. The maximum absolute atomic E-state index is 12.6. The van der Waals surface area contributed by atoms with Gasteiger partial charge in [0.2, 0.25) is 11.5 Å². The van der Waals surface area contributed by atoms with Crippen molar-refractivity contribution >= 4 is 33.4 Å². The van der Waals surface area contributed by atoms with E-state index in [0.717, 1.165) is 23.2 Å². The van der Waals surface area contributed by atoms with Crippen molar-refractivity contribution < 1.29 is 8.83 Å². The van der Waals surface area contributed by atoms with Crippen molar-refractivity contribution in [1.82, 2.24) is 25.1 Å². The number of aromatic nitrogens is 4. The van der Waals surface area contributed by atoms with Gasteiger partial charge in [-0.3, -0.25) is 9.69 Å². The molecule has 0 atom stereocenters. The highest BCUT2D eigenvalue weighted by Crippen LogP contribution is 2.25. The number of furan rings is 1. The van der Waals surface area contributed by atoms with Crippen LogP contribution < -0.4 is 5.56 Å². The van der Waals surface area contributed by atoms with Gasteiger partial charge in [-0.15, -0.1) is 21.5 Å². The summed E-state index contributed by atoms with van der Waals surface area (Å²) in [5.74, 6) is 1.63. The number of benzene rings is 1. The monoisotopic (exact) mass is 421 g/mol. The molecule has 0 aliphatic heterocycles. The van der Waals surface area contributed by atoms with Gasteiger partial charge in [-0.1, -0.05) is 25.1 Å². The van der Waals surface area contributed by atoms with E-state index >= 15 is 0 Å². The molecule has 5 aromatic rings. The maximum Gasteiger partial charge on any atom is 0.294 e. The third kappa shape index (κ3) is 3.53. The van der Waals surface area contributed by atoms with Crippen molar-refractivity contribution in [3.63, 3.8) is 0 Å². The maximum atomic E-state index is 12.6. The number of thiophene rings is 1. The lowest BCUT2D eigenvalue weighted by Crippen LogP contribution is -2.26. The van der Waals surface area contributed by atoms with Gasteiger partial charge in [-0.2, -0.15) is 0 Å². The first-order chi connectivity index (χ1) is 14.7. The first-order valence-corrected chi connectivity index (χ1v) is 10.6. The molecule has 0 aliphatic carbocycles. The lowest BCUT2D eigenvalue weighted by atomic mass is 10.2. The van der Waals surface area contributed by atoms with Crippen LogP contribution in [0.2, 0.25) is 0 Å². The normalized spacial score (nSPS) is 11.8. The van der Waals surface area contributed by atoms with E-state index in [9.17, 15) is 4.79 Å². The fourth-order valence-corrected chi connectivity index (χ4v) is 4.12. The number of nitrogens with one attached hydrogen (secondary N) is 1. The average Bonchev–Trinajstić information content (AvgIpc) is 3.48. The molecule has 0 fully saturated rings. The third-order valence-corrected chi connectivity index (χ3v) is 5.61. The van der Waals surface area contributed by atoms with Crippen molar-refractivity contribution in [2.45, 2.75) is 26.4 Å². The molecular formula is C21H19N5O3S. The molecule has 0 aliphatic rings. The number of hydrogen-bond donors (Lipinski definition) is 1. The topological polar surface area (TPSA) is 101 Å². The van der Waals surface area contributed by atoms with E-state index in [1.54, 1.807) is 11.3 Å². The van der Waals surface area contributed by atoms with Gasteiger partial charge in [-0.25, -0.2) is 4.98 Å². The van der Waals surface area contributed by atoms with Gasteiger partial charge in [0, 0.05) is 5.39 Å². The Hall–Kier alpha value is -3.30. The van der Waals surface area contributed by atoms with Gasteiger partial charge < -0.3 is 13.8 Å². The number of rotatable bonds is 7. The van der Waals surface area contributed by atoms with Crippen molar-refractivity contribution in [2.75, 3.05) is 6.54 Å². The standard InChI is InChI=1S/C21H19N5O3S/c1-2-9-26(12-17-24-25-21(29-17)15-8-5-10-30-15)11-16-22-18-13-6-3-4-7-14(13)28-19(18)20(27)23-16/h3-8,10H,2,9,11-12H2,1H3,(H,22,23,27). The fourth-order valence-electron chi connectivity index (χ4n) is 3.47. The third-order valence-electron chi connectivity index (χ3n) is 4.75. The molecule has 0 saturated carbocycles. The fraction of sp³-hybridized carbons (Fsp3) is 0.238. The summed E-state index contributed by atoms with van der Waals surface area (Å²) < 4.78 is 11.5. The molecule has 0 spiro atoms. The molecule has 1 N–H and O–H groups in total. The van der Waals surface area contributed by atoms with Gasteiger partial charge in [0.05, 0.1) is 18.0 Å². The number of aromatic amines is 1. The summed E-state index contributed by atoms with van der Waals surface area (Å²) in [5.41, 5.74) is 1.21. The van der Waals surface area contributed by atoms with Gasteiger partial charge in [0.1, 0.15) is 16.9 Å². The van der Waals surface area contributed by atoms with Crippen LogP contribution in [0.1, 0.15) is 25.1 Å². The Morgan fingerprint density at radius 1 is 1.10 bits per heavy atom. The van der Waals surface area contributed by atoms with E-state index in [1.807, 2.05) is 41.8 Å². The van der Waals surface area contributed by atoms with Gasteiger partial charge in [0.25, 0.3) is 11.4 Å². The van der Waals surface area contributed by atoms with Crippen LogP contribution in [0.5, 0.6) is 0 Å². The SMILES string of the molecule is CCCN(Cc1nc2c(oc3ccccc32)c(=O)[nH]1)Cc1nnc(-c2cccs2)o1. The lowest BCUT2D eigenvalue weighted by molar-refractivity contribution is 0.226. The summed E-state index contributed by atoms with van der Waals surface area (Å²) in [6, 6.07) is 11.4. The second kappa shape index (κ2) is 7.85. The zero-order chi connectivity index (χ0) is 20.5. The molecule has 30 heavy (non-hydrogen) atoms. The Morgan fingerprint density at radius 2 is 2.00 bits per heavy atom. The van der Waals surface area contributed by atoms with E-state index in [2.05, 4.69) is 32.0 Å². The predicted molar refractivity (Wildman–Crippen MR) is 114 cm³/mol. The number of fused-ring (bicyclic) bond motifs is 3. The summed E-state index contributed by atoms with van der Waals surface area (Å²) in [6.45, 7) is 3.82. The minimum Gasteiger partial charge on any atom is -0.449 e. The number of nitrogens with zero attached hydrogens (tertiary/aromatic N) is 4. The van der Waals surface area contributed by atoms with Crippen LogP contribution in [0.15, 0.2) is 55.4 Å². The Bertz CT molecular complexity index is 1350. The van der Waals surface area contributed by atoms with Crippen LogP contribution >= 0.6 is 11.3 Å². The van der Waals surface area contributed by atoms with Crippen molar-refractivity contribution in [3.05, 3.63) is 63.8 Å². The molecule has 4 aromatic heterocycles. The first kappa shape index (κ1) is 18.7. The second-order valence-electron chi connectivity index (χ2n) is 6.98. The van der Waals surface area contributed by atoms with Crippen LogP contribution in [-0.4, -0.2) is 31.6 Å². The van der Waals surface area contributed by atoms with Crippen LogP contribution in [0.3, 0.4) is 0 Å². The molecule has 8 nitrogen and oxygen atoms in total. The minimum atomic E-state index is -0.277. The van der Waals surface area contributed by atoms with Crippen molar-refractivity contribution in [1.29, 1.82) is 0 Å². The minimum absolute atomic E-state index is 0.250. The van der Waals surface area contributed by atoms with Gasteiger partial charge in [-0.05, 0) is 36.5 Å². The summed E-state index contributed by atoms with van der Waals surface area (Å²) in [6.07, 6.45) is 0.938. The molecule has 152 valence electrons. The Kier molecular flexibility index (Phi) is 4.89. The highest BCUT2D eigenvalue weighted by atomic mass is 32.1. The Balaban J connectivity index is 1.42. The smallest absolute Gasteiger partial charge is 0.294 e. The molecule has 0 bridgehead atoms. The van der Waals surface area contributed by atoms with Crippen LogP contribution in [0.4, 0.5) is 0 Å². The van der Waals surface area contributed by atoms with E-state index in [4.69, 9.17) is 8.83 Å². The highest BCUT2D eigenvalue weighted by molar-refractivity contribution is 7.13. The molecule has 0 amide bonds. The van der Waals surface area contributed by atoms with Crippen LogP contribution in [0.25, 0.3) is 32.8 Å². The van der Waals surface area contributed by atoms with Crippen molar-refractivity contribution in [3.8, 4) is 10.8 Å². The molecule has 4 heterocycles. The summed E-state index contributed by atoms with van der Waals surface area (Å²) in [4.78, 5) is 23.1. The largest absolute Gasteiger partial charge is 0.449 e. The molecular weight excluding hydrogens is 402 g/mol. The quantitative estimate of drug-likeness (QED) is 0.420. The zero-order valence-electron chi connectivity index (χ0n) is 16.3.